The maximum absolute atomic E-state index is 8.56. The predicted molar refractivity (Wildman–Crippen MR) is 68.1 cm³/mol. The van der Waals surface area contributed by atoms with Gasteiger partial charge in [-0.3, -0.25) is 10.5 Å². The number of carboxylic acid groups (broad SMARTS) is 4. The average Bonchev–Trinajstić information content (AvgIpc) is 2.38. The summed E-state index contributed by atoms with van der Waals surface area (Å²) < 4.78 is 0. The zero-order chi connectivity index (χ0) is 19.0. The highest BCUT2D eigenvalue weighted by Gasteiger charge is 2.15. The van der Waals surface area contributed by atoms with Gasteiger partial charge in [0.15, 0.2) is 11.2 Å². The van der Waals surface area contributed by atoms with Crippen LogP contribution in [0.5, 0.6) is 0 Å². The van der Waals surface area contributed by atoms with Crippen LogP contribution in [0.4, 0.5) is 9.59 Å². The van der Waals surface area contributed by atoms with E-state index >= 15 is 0 Å². The minimum atomic E-state index is -1.83. The monoisotopic (exact) mass is 326 g/mol. The molecule has 0 spiro atoms. The first-order valence-electron chi connectivity index (χ1n) is 5.02. The first-order chi connectivity index (χ1) is 9.71. The Morgan fingerprint density at radius 2 is 0.909 bits per heavy atom. The van der Waals surface area contributed by atoms with Crippen LogP contribution in [0.25, 0.3) is 0 Å². The van der Waals surface area contributed by atoms with Gasteiger partial charge in [-0.1, -0.05) is 0 Å². The molecule has 0 fully saturated rings. The minimum Gasteiger partial charge on any atom is -0.450 e. The molecule has 0 aliphatic heterocycles. The van der Waals surface area contributed by atoms with Gasteiger partial charge in [0.25, 0.3) is 0 Å². The van der Waals surface area contributed by atoms with Gasteiger partial charge in [0.2, 0.25) is 0 Å². The number of carbonyl (C=O) groups is 2. The fourth-order valence-electron chi connectivity index (χ4n) is 0.0408. The summed E-state index contributed by atoms with van der Waals surface area (Å²) in [5.41, 5.74) is -2.11. The maximum Gasteiger partial charge on any atom is 0.503 e. The second-order valence-electron chi connectivity index (χ2n) is 3.99. The van der Waals surface area contributed by atoms with Crippen LogP contribution in [0.1, 0.15) is 27.7 Å². The van der Waals surface area contributed by atoms with Crippen LogP contribution in [-0.2, 0) is 9.78 Å². The van der Waals surface area contributed by atoms with Crippen molar-refractivity contribution in [3.8, 4) is 12.1 Å². The highest BCUT2D eigenvalue weighted by atomic mass is 17.1. The molecule has 0 aromatic rings. The Morgan fingerprint density at radius 1 is 0.773 bits per heavy atom. The smallest absolute Gasteiger partial charge is 0.450 e. The van der Waals surface area contributed by atoms with Crippen LogP contribution >= 0.6 is 0 Å². The normalized spacial score (nSPS) is 8.91. The molecule has 0 saturated carbocycles. The predicted octanol–water partition coefficient (Wildman–Crippen LogP) is 2.00. The van der Waals surface area contributed by atoms with E-state index in [-0.39, 0.29) is 0 Å². The second kappa shape index (κ2) is 14.8. The third-order valence-electron chi connectivity index (χ3n) is 0.995. The van der Waals surface area contributed by atoms with E-state index in [9.17, 15) is 0 Å². The first kappa shape index (κ1) is 27.7. The largest absolute Gasteiger partial charge is 0.503 e. The molecule has 0 saturated heterocycles. The van der Waals surface area contributed by atoms with Gasteiger partial charge in [-0.25, -0.2) is 19.4 Å². The van der Waals surface area contributed by atoms with Crippen LogP contribution in [-0.4, -0.2) is 54.5 Å². The molecule has 0 bridgehead atoms. The molecule has 0 heterocycles. The third-order valence-corrected chi connectivity index (χ3v) is 0.995. The second-order valence-corrected chi connectivity index (χ2v) is 3.99. The molecule has 0 aromatic carbocycles. The molecule has 12 heteroatoms. The zero-order valence-electron chi connectivity index (χ0n) is 12.2. The van der Waals surface area contributed by atoms with Crippen molar-refractivity contribution in [2.45, 2.75) is 38.9 Å². The number of hydrogen-bond donors (Lipinski definition) is 6. The van der Waals surface area contributed by atoms with Gasteiger partial charge in [0.1, 0.15) is 12.1 Å². The Kier molecular flexibility index (Phi) is 18.6. The first-order valence-corrected chi connectivity index (χ1v) is 5.02. The lowest BCUT2D eigenvalue weighted by Gasteiger charge is -2.07. The molecule has 0 radical (unpaired) electrons. The lowest BCUT2D eigenvalue weighted by Crippen LogP contribution is -2.18. The van der Waals surface area contributed by atoms with E-state index < -0.39 is 23.5 Å². The summed E-state index contributed by atoms with van der Waals surface area (Å²) in [6.07, 6.45) is -3.67. The van der Waals surface area contributed by atoms with Crippen molar-refractivity contribution in [1.29, 1.82) is 10.5 Å². The Labute approximate surface area is 125 Å². The minimum absolute atomic E-state index is 1.06. The van der Waals surface area contributed by atoms with Gasteiger partial charge in [-0.15, -0.1) is 0 Å². The van der Waals surface area contributed by atoms with Crippen LogP contribution < -0.4 is 0 Å². The molecule has 0 aliphatic rings. The van der Waals surface area contributed by atoms with Gasteiger partial charge in [-0.2, -0.15) is 10.5 Å². The van der Waals surface area contributed by atoms with Crippen LogP contribution in [0.2, 0.25) is 0 Å². The SMILES string of the molecule is CC(C)(C#N)OO.CC(C)(C#N)OO.O=C(O)O.O=C(O)O. The fraction of sp³-hybridized carbons (Fsp3) is 0.600. The summed E-state index contributed by atoms with van der Waals surface area (Å²) in [6.45, 7) is 5.86. The van der Waals surface area contributed by atoms with Crippen LogP contribution in [0.3, 0.4) is 0 Å². The molecule has 0 rings (SSSR count). The van der Waals surface area contributed by atoms with Crippen molar-refractivity contribution in [3.63, 3.8) is 0 Å². The number of hydrogen-bond acceptors (Lipinski definition) is 8. The molecule has 0 aromatic heterocycles. The standard InChI is InChI=1S/2C4H7NO2.2CH2O3/c2*1-4(2,3-5)7-6;2*2-1(3)4/h2*6H,1-2H3;2*(H2,2,3,4). The fourth-order valence-corrected chi connectivity index (χ4v) is 0.0408. The average molecular weight is 326 g/mol. The topological polar surface area (TPSA) is 222 Å². The highest BCUT2D eigenvalue weighted by molar-refractivity contribution is 5.53. The summed E-state index contributed by atoms with van der Waals surface area (Å²) in [6, 6.07) is 3.44. The van der Waals surface area contributed by atoms with E-state index in [1.54, 1.807) is 12.1 Å². The molecule has 22 heavy (non-hydrogen) atoms. The lowest BCUT2D eigenvalue weighted by molar-refractivity contribution is -0.294. The van der Waals surface area contributed by atoms with Gasteiger partial charge in [-0.05, 0) is 27.7 Å². The molecule has 0 amide bonds. The Hall–Kier alpha value is -2.64. The van der Waals surface area contributed by atoms with Crippen molar-refractivity contribution >= 4 is 12.3 Å². The van der Waals surface area contributed by atoms with E-state index in [0.29, 0.717) is 0 Å². The van der Waals surface area contributed by atoms with E-state index in [1.807, 2.05) is 0 Å². The van der Waals surface area contributed by atoms with Crippen molar-refractivity contribution in [2.75, 3.05) is 0 Å². The van der Waals surface area contributed by atoms with Crippen LogP contribution in [0, 0.1) is 22.7 Å². The molecule has 0 aliphatic carbocycles. The molecular formula is C10H18N2O10. The summed E-state index contributed by atoms with van der Waals surface area (Å²) >= 11 is 0. The third kappa shape index (κ3) is 53.0. The van der Waals surface area contributed by atoms with Crippen molar-refractivity contribution in [1.82, 2.24) is 0 Å². The van der Waals surface area contributed by atoms with Gasteiger partial charge in [0, 0.05) is 0 Å². The van der Waals surface area contributed by atoms with E-state index in [2.05, 4.69) is 9.78 Å². The van der Waals surface area contributed by atoms with Crippen LogP contribution in [0.15, 0.2) is 0 Å². The maximum atomic E-state index is 8.56. The van der Waals surface area contributed by atoms with Crippen molar-refractivity contribution in [2.24, 2.45) is 0 Å². The lowest BCUT2D eigenvalue weighted by atomic mass is 10.2. The Bertz CT molecular complexity index is 347. The molecule has 128 valence electrons. The van der Waals surface area contributed by atoms with E-state index in [0.717, 1.165) is 0 Å². The number of nitrogens with zero attached hydrogens (tertiary/aromatic N) is 2. The summed E-state index contributed by atoms with van der Waals surface area (Å²) in [4.78, 5) is 24.6. The highest BCUT2D eigenvalue weighted by Crippen LogP contribution is 2.02. The Morgan fingerprint density at radius 3 is 0.909 bits per heavy atom. The molecule has 0 atom stereocenters. The molecular weight excluding hydrogens is 308 g/mol. The molecule has 6 N–H and O–H groups in total. The zero-order valence-corrected chi connectivity index (χ0v) is 12.2. The number of nitriles is 2. The summed E-state index contributed by atoms with van der Waals surface area (Å²) in [7, 11) is 0. The summed E-state index contributed by atoms with van der Waals surface area (Å²) in [5, 5.41) is 59.8. The van der Waals surface area contributed by atoms with E-state index in [1.165, 1.54) is 27.7 Å². The number of rotatable bonds is 2. The van der Waals surface area contributed by atoms with Gasteiger partial charge in [0.05, 0.1) is 0 Å². The molecule has 0 unspecified atom stereocenters. The summed E-state index contributed by atoms with van der Waals surface area (Å²) in [5.74, 6) is 0. The van der Waals surface area contributed by atoms with Gasteiger partial charge < -0.3 is 20.4 Å². The van der Waals surface area contributed by atoms with E-state index in [4.69, 9.17) is 51.1 Å². The molecule has 12 nitrogen and oxygen atoms in total. The Balaban J connectivity index is -0.000000102. The van der Waals surface area contributed by atoms with Crippen molar-refractivity contribution in [3.05, 3.63) is 0 Å². The van der Waals surface area contributed by atoms with Crippen molar-refractivity contribution < 1.29 is 50.3 Å². The quantitative estimate of drug-likeness (QED) is 0.316. The van der Waals surface area contributed by atoms with Gasteiger partial charge >= 0.3 is 12.3 Å².